The molecule has 1 aromatic carbocycles. The van der Waals surface area contributed by atoms with Crippen LogP contribution in [0.3, 0.4) is 0 Å². The van der Waals surface area contributed by atoms with Gasteiger partial charge in [0.1, 0.15) is 0 Å². The maximum Gasteiger partial charge on any atom is 0.269 e. The number of hydrogen-bond donors (Lipinski definition) is 0. The van der Waals surface area contributed by atoms with Crippen molar-refractivity contribution in [1.82, 2.24) is 4.67 Å². The summed E-state index contributed by atoms with van der Waals surface area (Å²) >= 11 is 0. The third kappa shape index (κ3) is 7.45. The Kier molecular flexibility index (Phi) is 9.54. The molecule has 0 radical (unpaired) electrons. The quantitative estimate of drug-likeness (QED) is 0.249. The van der Waals surface area contributed by atoms with E-state index in [9.17, 15) is 10.1 Å². The lowest BCUT2D eigenvalue weighted by Gasteiger charge is -2.35. The lowest BCUT2D eigenvalue weighted by atomic mass is 10.1. The number of nitriles is 1. The molecule has 0 saturated heterocycles. The molecule has 0 bridgehead atoms. The molecule has 0 heterocycles. The number of hydrogen-bond acceptors (Lipinski definition) is 6. The Hall–Kier alpha value is -1.58. The molecule has 0 aromatic heterocycles. The second-order valence-corrected chi connectivity index (χ2v) is 7.51. The van der Waals surface area contributed by atoms with Crippen LogP contribution in [0, 0.1) is 21.4 Å². The molecule has 0 aliphatic carbocycles. The average Bonchev–Trinajstić information content (AvgIpc) is 2.54. The molecule has 1 aromatic rings. The molecule has 7 nitrogen and oxygen atoms in total. The van der Waals surface area contributed by atoms with E-state index in [2.05, 4.69) is 38.4 Å². The number of nitro benzene ring substituents is 1. The van der Waals surface area contributed by atoms with Crippen molar-refractivity contribution in [2.45, 2.75) is 52.6 Å². The Morgan fingerprint density at radius 3 is 2.20 bits per heavy atom. The first kappa shape index (κ1) is 21.5. The first-order chi connectivity index (χ1) is 11.9. The zero-order valence-corrected chi connectivity index (χ0v) is 16.1. The fourth-order valence-corrected chi connectivity index (χ4v) is 3.93. The summed E-state index contributed by atoms with van der Waals surface area (Å²) in [6.07, 6.45) is 0.969. The van der Waals surface area contributed by atoms with Crippen LogP contribution >= 0.6 is 8.53 Å². The maximum atomic E-state index is 10.7. The van der Waals surface area contributed by atoms with E-state index in [1.807, 2.05) is 0 Å². The summed E-state index contributed by atoms with van der Waals surface area (Å²) in [6, 6.07) is 9.06. The molecule has 0 fully saturated rings. The largest absolute Gasteiger partial charge is 0.322 e. The third-order valence-electron chi connectivity index (χ3n) is 3.40. The summed E-state index contributed by atoms with van der Waals surface area (Å²) in [7, 11) is -1.25. The molecule has 8 heteroatoms. The number of non-ortho nitro benzene ring substituents is 1. The highest BCUT2D eigenvalue weighted by atomic mass is 31.2. The Labute approximate surface area is 150 Å². The van der Waals surface area contributed by atoms with Crippen molar-refractivity contribution >= 4 is 14.2 Å². The molecule has 0 amide bonds. The lowest BCUT2D eigenvalue weighted by Crippen LogP contribution is -2.33. The molecule has 1 unspecified atom stereocenters. The van der Waals surface area contributed by atoms with Gasteiger partial charge in [0.25, 0.3) is 14.2 Å². The molecule has 0 spiro atoms. The van der Waals surface area contributed by atoms with Crippen LogP contribution < -0.4 is 0 Å². The smallest absolute Gasteiger partial charge is 0.269 e. The summed E-state index contributed by atoms with van der Waals surface area (Å²) in [6.45, 7) is 9.14. The molecule has 0 aliphatic rings. The van der Waals surface area contributed by atoms with Gasteiger partial charge < -0.3 is 9.05 Å². The predicted molar refractivity (Wildman–Crippen MR) is 98.0 cm³/mol. The van der Waals surface area contributed by atoms with Crippen molar-refractivity contribution < 1.29 is 14.0 Å². The average molecular weight is 367 g/mol. The fourth-order valence-electron chi connectivity index (χ4n) is 2.34. The van der Waals surface area contributed by atoms with Crippen LogP contribution in [0.5, 0.6) is 0 Å². The second kappa shape index (κ2) is 11.1. The summed E-state index contributed by atoms with van der Waals surface area (Å²) in [5.74, 6) is 0. The number of rotatable bonds is 11. The van der Waals surface area contributed by atoms with Crippen LogP contribution in [-0.2, 0) is 15.5 Å². The molecule has 25 heavy (non-hydrogen) atoms. The van der Waals surface area contributed by atoms with Gasteiger partial charge in [-0.3, -0.25) is 10.1 Å². The minimum absolute atomic E-state index is 0.0811. The number of nitro groups is 1. The van der Waals surface area contributed by atoms with Gasteiger partial charge in [-0.25, -0.2) is 4.67 Å². The van der Waals surface area contributed by atoms with Crippen molar-refractivity contribution in [2.24, 2.45) is 0 Å². The summed E-state index contributed by atoms with van der Waals surface area (Å²) in [5, 5.41) is 19.4. The minimum atomic E-state index is -1.25. The van der Waals surface area contributed by atoms with E-state index in [0.29, 0.717) is 26.1 Å². The molecular formula is C17H26N3O4P. The first-order valence-corrected chi connectivity index (χ1v) is 9.44. The monoisotopic (exact) mass is 367 g/mol. The van der Waals surface area contributed by atoms with Gasteiger partial charge in [0, 0.05) is 24.2 Å². The normalized spacial score (nSPS) is 12.6. The zero-order chi connectivity index (χ0) is 18.8. The van der Waals surface area contributed by atoms with Crippen LogP contribution in [-0.4, -0.2) is 34.9 Å². The van der Waals surface area contributed by atoms with E-state index in [1.165, 1.54) is 12.1 Å². The van der Waals surface area contributed by atoms with Crippen LogP contribution in [0.4, 0.5) is 5.69 Å². The van der Waals surface area contributed by atoms with Crippen molar-refractivity contribution in [3.8, 4) is 6.07 Å². The first-order valence-electron chi connectivity index (χ1n) is 8.31. The fraction of sp³-hybridized carbons (Fsp3) is 0.588. The van der Waals surface area contributed by atoms with E-state index in [0.717, 1.165) is 5.56 Å². The predicted octanol–water partition coefficient (Wildman–Crippen LogP) is 4.43. The summed E-state index contributed by atoms with van der Waals surface area (Å²) < 4.78 is 14.0. The Bertz CT molecular complexity index is 564. The van der Waals surface area contributed by atoms with Gasteiger partial charge in [0.05, 0.1) is 30.6 Å². The van der Waals surface area contributed by atoms with Crippen LogP contribution in [0.25, 0.3) is 0 Å². The molecule has 138 valence electrons. The van der Waals surface area contributed by atoms with E-state index in [-0.39, 0.29) is 17.8 Å². The van der Waals surface area contributed by atoms with E-state index >= 15 is 0 Å². The Morgan fingerprint density at radius 1 is 1.16 bits per heavy atom. The Morgan fingerprint density at radius 2 is 1.72 bits per heavy atom. The highest BCUT2D eigenvalue weighted by molar-refractivity contribution is 7.44. The van der Waals surface area contributed by atoms with Crippen LogP contribution in [0.1, 0.15) is 39.7 Å². The van der Waals surface area contributed by atoms with Gasteiger partial charge in [0.2, 0.25) is 0 Å². The number of benzene rings is 1. The van der Waals surface area contributed by atoms with Gasteiger partial charge in [0.15, 0.2) is 0 Å². The van der Waals surface area contributed by atoms with Crippen LogP contribution in [0.15, 0.2) is 24.3 Å². The van der Waals surface area contributed by atoms with Gasteiger partial charge in [-0.15, -0.1) is 0 Å². The topological polar surface area (TPSA) is 88.6 Å². The third-order valence-corrected chi connectivity index (χ3v) is 5.51. The molecule has 0 saturated carbocycles. The summed E-state index contributed by atoms with van der Waals surface area (Å²) in [4.78, 5) is 10.3. The van der Waals surface area contributed by atoms with Crippen molar-refractivity contribution in [3.05, 3.63) is 39.9 Å². The van der Waals surface area contributed by atoms with Gasteiger partial charge in [-0.2, -0.15) is 5.26 Å². The standard InChI is InChI=1S/C17H26N3O4P/c1-14(2)19(15(3)4)25(23-12-5-11-18)24-13-10-16-6-8-17(9-7-16)20(21)22/h6-9,14-15H,5,10,12-13H2,1-4H3. The van der Waals surface area contributed by atoms with E-state index < -0.39 is 13.4 Å². The van der Waals surface area contributed by atoms with E-state index in [1.54, 1.807) is 12.1 Å². The van der Waals surface area contributed by atoms with Gasteiger partial charge in [-0.05, 0) is 39.7 Å². The van der Waals surface area contributed by atoms with Gasteiger partial charge >= 0.3 is 0 Å². The van der Waals surface area contributed by atoms with Gasteiger partial charge in [-0.1, -0.05) is 12.1 Å². The van der Waals surface area contributed by atoms with Crippen molar-refractivity contribution in [2.75, 3.05) is 13.2 Å². The van der Waals surface area contributed by atoms with Crippen molar-refractivity contribution in [1.29, 1.82) is 5.26 Å². The minimum Gasteiger partial charge on any atom is -0.322 e. The maximum absolute atomic E-state index is 10.7. The Balaban J connectivity index is 2.64. The molecular weight excluding hydrogens is 341 g/mol. The summed E-state index contributed by atoms with van der Waals surface area (Å²) in [5.41, 5.74) is 1.05. The molecule has 0 aliphatic heterocycles. The second-order valence-electron chi connectivity index (χ2n) is 6.05. The van der Waals surface area contributed by atoms with Crippen LogP contribution in [0.2, 0.25) is 0 Å². The number of nitrogens with zero attached hydrogens (tertiary/aromatic N) is 3. The SMILES string of the molecule is CC(C)N(C(C)C)P(OCCC#N)OCCc1ccc([N+](=O)[O-])cc1. The van der Waals surface area contributed by atoms with Crippen molar-refractivity contribution in [3.63, 3.8) is 0 Å². The highest BCUT2D eigenvalue weighted by Crippen LogP contribution is 2.45. The molecule has 1 atom stereocenters. The van der Waals surface area contributed by atoms with E-state index in [4.69, 9.17) is 14.3 Å². The molecule has 0 N–H and O–H groups in total. The highest BCUT2D eigenvalue weighted by Gasteiger charge is 2.26. The molecule has 1 rings (SSSR count). The zero-order valence-electron chi connectivity index (χ0n) is 15.2. The lowest BCUT2D eigenvalue weighted by molar-refractivity contribution is -0.384.